The summed E-state index contributed by atoms with van der Waals surface area (Å²) < 4.78 is 5.00. The van der Waals surface area contributed by atoms with Crippen molar-refractivity contribution in [1.82, 2.24) is 4.98 Å². The molecule has 0 amide bonds. The number of nitrogens with zero attached hydrogens (tertiary/aromatic N) is 1. The number of aromatic nitrogens is 1. The van der Waals surface area contributed by atoms with Gasteiger partial charge in [0.25, 0.3) is 0 Å². The molecule has 0 aliphatic carbocycles. The van der Waals surface area contributed by atoms with E-state index >= 15 is 0 Å². The van der Waals surface area contributed by atoms with Crippen LogP contribution >= 0.6 is 12.4 Å². The molecule has 0 saturated carbocycles. The highest BCUT2D eigenvalue weighted by Gasteiger charge is 2.08. The predicted molar refractivity (Wildman–Crippen MR) is 82.5 cm³/mol. The van der Waals surface area contributed by atoms with Crippen molar-refractivity contribution in [3.63, 3.8) is 0 Å². The van der Waals surface area contributed by atoms with Gasteiger partial charge in [0, 0.05) is 10.8 Å². The minimum absolute atomic E-state index is 0. The predicted octanol–water partition coefficient (Wildman–Crippen LogP) is 3.99. The molecule has 0 spiro atoms. The maximum atomic E-state index is 11.7. The Hall–Kier alpha value is -2.13. The van der Waals surface area contributed by atoms with Crippen LogP contribution < -0.4 is 0 Å². The molecule has 102 valence electrons. The lowest BCUT2D eigenvalue weighted by atomic mass is 10.1. The van der Waals surface area contributed by atoms with Crippen LogP contribution in [0.2, 0.25) is 0 Å². The van der Waals surface area contributed by atoms with E-state index in [9.17, 15) is 4.79 Å². The third-order valence-corrected chi connectivity index (χ3v) is 3.03. The lowest BCUT2D eigenvalue weighted by molar-refractivity contribution is 0.0526. The Morgan fingerprint density at radius 1 is 1.05 bits per heavy atom. The lowest BCUT2D eigenvalue weighted by Crippen LogP contribution is -2.04. The monoisotopic (exact) mass is 287 g/mol. The quantitative estimate of drug-likeness (QED) is 0.528. The second-order valence-corrected chi connectivity index (χ2v) is 4.31. The summed E-state index contributed by atoms with van der Waals surface area (Å²) in [5.74, 6) is -0.306. The number of halogens is 1. The Morgan fingerprint density at radius 3 is 2.60 bits per heavy atom. The van der Waals surface area contributed by atoms with Gasteiger partial charge in [-0.1, -0.05) is 24.3 Å². The maximum Gasteiger partial charge on any atom is 0.338 e. The number of carbonyl (C=O) groups excluding carboxylic acids is 1. The van der Waals surface area contributed by atoms with Gasteiger partial charge < -0.3 is 4.74 Å². The van der Waals surface area contributed by atoms with E-state index in [-0.39, 0.29) is 18.4 Å². The minimum Gasteiger partial charge on any atom is -0.462 e. The van der Waals surface area contributed by atoms with Gasteiger partial charge in [0.15, 0.2) is 0 Å². The molecule has 0 aliphatic rings. The normalized spacial score (nSPS) is 10.2. The molecule has 0 bridgehead atoms. The SMILES string of the molecule is CCOC(=O)c1ccc2cc3ccccc3nc2c1.Cl. The topological polar surface area (TPSA) is 39.2 Å². The van der Waals surface area contributed by atoms with Gasteiger partial charge in [0.05, 0.1) is 23.2 Å². The van der Waals surface area contributed by atoms with E-state index in [0.717, 1.165) is 21.8 Å². The highest BCUT2D eigenvalue weighted by atomic mass is 35.5. The summed E-state index contributed by atoms with van der Waals surface area (Å²) >= 11 is 0. The fourth-order valence-corrected chi connectivity index (χ4v) is 2.11. The van der Waals surface area contributed by atoms with E-state index in [2.05, 4.69) is 11.1 Å². The molecule has 0 unspecified atom stereocenters. The first-order chi connectivity index (χ1) is 9.28. The molecule has 3 nitrogen and oxygen atoms in total. The van der Waals surface area contributed by atoms with Crippen LogP contribution in [0.1, 0.15) is 17.3 Å². The standard InChI is InChI=1S/C16H13NO2.ClH/c1-2-19-16(18)13-8-7-12-9-11-5-3-4-6-14(11)17-15(12)10-13;/h3-10H,2H2,1H3;1H. The first-order valence-electron chi connectivity index (χ1n) is 6.24. The second-order valence-electron chi connectivity index (χ2n) is 4.31. The van der Waals surface area contributed by atoms with Gasteiger partial charge in [-0.3, -0.25) is 0 Å². The molecule has 1 heterocycles. The Morgan fingerprint density at radius 2 is 1.80 bits per heavy atom. The molecule has 4 heteroatoms. The first kappa shape index (κ1) is 14.3. The zero-order valence-electron chi connectivity index (χ0n) is 11.0. The second kappa shape index (κ2) is 5.88. The van der Waals surface area contributed by atoms with Crippen LogP contribution in [0.3, 0.4) is 0 Å². The molecule has 0 N–H and O–H groups in total. The number of fused-ring (bicyclic) bond motifs is 2. The molecular formula is C16H14ClNO2. The Bertz CT molecular complexity index is 771. The van der Waals surface area contributed by atoms with Gasteiger partial charge in [0.1, 0.15) is 0 Å². The van der Waals surface area contributed by atoms with Gasteiger partial charge >= 0.3 is 5.97 Å². The number of para-hydroxylation sites is 1. The fraction of sp³-hybridized carbons (Fsp3) is 0.125. The van der Waals surface area contributed by atoms with Crippen molar-refractivity contribution in [1.29, 1.82) is 0 Å². The van der Waals surface area contributed by atoms with Gasteiger partial charge in [-0.15, -0.1) is 12.4 Å². The zero-order valence-corrected chi connectivity index (χ0v) is 11.8. The molecule has 2 aromatic carbocycles. The molecule has 3 rings (SSSR count). The Balaban J connectivity index is 0.00000147. The van der Waals surface area contributed by atoms with Gasteiger partial charge in [-0.25, -0.2) is 9.78 Å². The van der Waals surface area contributed by atoms with Crippen molar-refractivity contribution in [3.05, 3.63) is 54.1 Å². The van der Waals surface area contributed by atoms with Crippen molar-refractivity contribution in [3.8, 4) is 0 Å². The molecule has 0 radical (unpaired) electrons. The number of pyridine rings is 1. The van der Waals surface area contributed by atoms with Crippen LogP contribution in [0.5, 0.6) is 0 Å². The average molecular weight is 288 g/mol. The summed E-state index contributed by atoms with van der Waals surface area (Å²) in [4.78, 5) is 16.3. The molecule has 1 aromatic heterocycles. The summed E-state index contributed by atoms with van der Waals surface area (Å²) in [6.07, 6.45) is 0. The summed E-state index contributed by atoms with van der Waals surface area (Å²) in [6, 6.07) is 15.5. The fourth-order valence-electron chi connectivity index (χ4n) is 2.11. The zero-order chi connectivity index (χ0) is 13.2. The smallest absolute Gasteiger partial charge is 0.338 e. The van der Waals surface area contributed by atoms with E-state index in [4.69, 9.17) is 4.74 Å². The van der Waals surface area contributed by atoms with Crippen LogP contribution in [-0.4, -0.2) is 17.6 Å². The van der Waals surface area contributed by atoms with Crippen LogP contribution in [0.25, 0.3) is 21.8 Å². The maximum absolute atomic E-state index is 11.7. The van der Waals surface area contributed by atoms with E-state index in [1.165, 1.54) is 0 Å². The Labute approximate surface area is 123 Å². The van der Waals surface area contributed by atoms with Gasteiger partial charge in [-0.05, 0) is 31.2 Å². The van der Waals surface area contributed by atoms with Gasteiger partial charge in [-0.2, -0.15) is 0 Å². The van der Waals surface area contributed by atoms with Crippen LogP contribution in [-0.2, 0) is 4.74 Å². The molecule has 0 fully saturated rings. The van der Waals surface area contributed by atoms with Crippen molar-refractivity contribution in [2.75, 3.05) is 6.61 Å². The van der Waals surface area contributed by atoms with Crippen LogP contribution in [0, 0.1) is 0 Å². The van der Waals surface area contributed by atoms with Crippen LogP contribution in [0.15, 0.2) is 48.5 Å². The van der Waals surface area contributed by atoms with Gasteiger partial charge in [0.2, 0.25) is 0 Å². The number of ether oxygens (including phenoxy) is 1. The molecule has 3 aromatic rings. The Kier molecular flexibility index (Phi) is 4.20. The largest absolute Gasteiger partial charge is 0.462 e. The summed E-state index contributed by atoms with van der Waals surface area (Å²) in [5.41, 5.74) is 2.28. The van der Waals surface area contributed by atoms with E-state index in [1.807, 2.05) is 30.3 Å². The van der Waals surface area contributed by atoms with Crippen molar-refractivity contribution < 1.29 is 9.53 Å². The molecule has 0 atom stereocenters. The van der Waals surface area contributed by atoms with E-state index in [0.29, 0.717) is 12.2 Å². The highest BCUT2D eigenvalue weighted by molar-refractivity contribution is 5.97. The third-order valence-electron chi connectivity index (χ3n) is 3.03. The van der Waals surface area contributed by atoms with Crippen LogP contribution in [0.4, 0.5) is 0 Å². The minimum atomic E-state index is -0.306. The molecule has 20 heavy (non-hydrogen) atoms. The number of benzene rings is 2. The number of esters is 1. The highest BCUT2D eigenvalue weighted by Crippen LogP contribution is 2.20. The van der Waals surface area contributed by atoms with E-state index < -0.39 is 0 Å². The van der Waals surface area contributed by atoms with Crippen molar-refractivity contribution in [2.45, 2.75) is 6.92 Å². The number of hydrogen-bond acceptors (Lipinski definition) is 3. The number of hydrogen-bond donors (Lipinski definition) is 0. The summed E-state index contributed by atoms with van der Waals surface area (Å²) in [6.45, 7) is 2.17. The number of carbonyl (C=O) groups is 1. The summed E-state index contributed by atoms with van der Waals surface area (Å²) in [5, 5.41) is 2.12. The third kappa shape index (κ3) is 2.58. The number of rotatable bonds is 2. The lowest BCUT2D eigenvalue weighted by Gasteiger charge is -2.04. The summed E-state index contributed by atoms with van der Waals surface area (Å²) in [7, 11) is 0. The molecule has 0 saturated heterocycles. The molecule has 0 aliphatic heterocycles. The average Bonchev–Trinajstić information content (AvgIpc) is 2.44. The van der Waals surface area contributed by atoms with Crippen molar-refractivity contribution in [2.24, 2.45) is 0 Å². The van der Waals surface area contributed by atoms with E-state index in [1.54, 1.807) is 19.1 Å². The first-order valence-corrected chi connectivity index (χ1v) is 6.24. The van der Waals surface area contributed by atoms with Crippen molar-refractivity contribution >= 4 is 40.2 Å². The molecular weight excluding hydrogens is 274 g/mol.